The first kappa shape index (κ1) is 21.5. The van der Waals surface area contributed by atoms with E-state index in [1.54, 1.807) is 0 Å². The Bertz CT molecular complexity index is 566. The maximum absolute atomic E-state index is 4.57. The SMILES string of the molecule is CCCCC(CC)CNC(=NC)NCc1ccnc(N2CCN(C)CC2)c1. The molecular formula is C21H38N6. The molecule has 1 fully saturated rings. The zero-order chi connectivity index (χ0) is 19.5. The molecule has 1 unspecified atom stereocenters. The topological polar surface area (TPSA) is 55.8 Å². The van der Waals surface area contributed by atoms with Gasteiger partial charge in [-0.05, 0) is 37.1 Å². The molecule has 0 aliphatic carbocycles. The predicted molar refractivity (Wildman–Crippen MR) is 115 cm³/mol. The van der Waals surface area contributed by atoms with Crippen LogP contribution in [-0.2, 0) is 6.54 Å². The lowest BCUT2D eigenvalue weighted by Gasteiger charge is -2.33. The van der Waals surface area contributed by atoms with Crippen molar-refractivity contribution in [3.05, 3.63) is 23.9 Å². The van der Waals surface area contributed by atoms with Crippen molar-refractivity contribution in [3.8, 4) is 0 Å². The molecule has 0 amide bonds. The minimum atomic E-state index is 0.716. The number of hydrogen-bond acceptors (Lipinski definition) is 4. The van der Waals surface area contributed by atoms with Gasteiger partial charge in [-0.3, -0.25) is 4.99 Å². The van der Waals surface area contributed by atoms with Gasteiger partial charge in [-0.2, -0.15) is 0 Å². The zero-order valence-electron chi connectivity index (χ0n) is 17.7. The summed E-state index contributed by atoms with van der Waals surface area (Å²) in [4.78, 5) is 13.7. The van der Waals surface area contributed by atoms with Gasteiger partial charge >= 0.3 is 0 Å². The van der Waals surface area contributed by atoms with E-state index in [9.17, 15) is 0 Å². The van der Waals surface area contributed by atoms with Crippen LogP contribution in [0.15, 0.2) is 23.3 Å². The molecule has 0 aromatic carbocycles. The molecule has 2 N–H and O–H groups in total. The summed E-state index contributed by atoms with van der Waals surface area (Å²) in [5.74, 6) is 2.67. The number of hydrogen-bond donors (Lipinski definition) is 2. The maximum atomic E-state index is 4.57. The molecule has 1 aliphatic rings. The second-order valence-corrected chi connectivity index (χ2v) is 7.54. The van der Waals surface area contributed by atoms with E-state index >= 15 is 0 Å². The number of unbranched alkanes of at least 4 members (excludes halogenated alkanes) is 1. The number of nitrogens with zero attached hydrogens (tertiary/aromatic N) is 4. The highest BCUT2D eigenvalue weighted by atomic mass is 15.3. The number of piperazine rings is 1. The number of aliphatic imine (C=N–C) groups is 1. The van der Waals surface area contributed by atoms with E-state index < -0.39 is 0 Å². The Morgan fingerprint density at radius 1 is 1.22 bits per heavy atom. The highest BCUT2D eigenvalue weighted by molar-refractivity contribution is 5.79. The Labute approximate surface area is 165 Å². The van der Waals surface area contributed by atoms with Crippen molar-refractivity contribution < 1.29 is 0 Å². The van der Waals surface area contributed by atoms with E-state index in [4.69, 9.17) is 0 Å². The molecule has 0 bridgehead atoms. The lowest BCUT2D eigenvalue weighted by Crippen LogP contribution is -2.44. The highest BCUT2D eigenvalue weighted by Crippen LogP contribution is 2.15. The summed E-state index contributed by atoms with van der Waals surface area (Å²) in [6, 6.07) is 4.28. The molecule has 6 nitrogen and oxygen atoms in total. The Hall–Kier alpha value is -1.82. The van der Waals surface area contributed by atoms with Crippen LogP contribution < -0.4 is 15.5 Å². The largest absolute Gasteiger partial charge is 0.356 e. The van der Waals surface area contributed by atoms with Crippen LogP contribution in [0, 0.1) is 5.92 Å². The van der Waals surface area contributed by atoms with Gasteiger partial charge in [0.1, 0.15) is 5.82 Å². The van der Waals surface area contributed by atoms with Crippen molar-refractivity contribution in [1.29, 1.82) is 0 Å². The number of likely N-dealkylation sites (N-methyl/N-ethyl adjacent to an activating group) is 1. The molecule has 1 aliphatic heterocycles. The molecule has 2 rings (SSSR count). The summed E-state index contributed by atoms with van der Waals surface area (Å²) < 4.78 is 0. The first-order valence-corrected chi connectivity index (χ1v) is 10.5. The molecule has 0 spiro atoms. The van der Waals surface area contributed by atoms with Crippen LogP contribution >= 0.6 is 0 Å². The molecular weight excluding hydrogens is 336 g/mol. The summed E-state index contributed by atoms with van der Waals surface area (Å²) >= 11 is 0. The normalized spacial score (nSPS) is 17.0. The summed E-state index contributed by atoms with van der Waals surface area (Å²) in [6.07, 6.45) is 6.98. The molecule has 1 aromatic heterocycles. The van der Waals surface area contributed by atoms with Crippen molar-refractivity contribution in [2.24, 2.45) is 10.9 Å². The van der Waals surface area contributed by atoms with Crippen molar-refractivity contribution in [3.63, 3.8) is 0 Å². The van der Waals surface area contributed by atoms with E-state index in [0.717, 1.165) is 51.0 Å². The third-order valence-electron chi connectivity index (χ3n) is 5.42. The average molecular weight is 375 g/mol. The predicted octanol–water partition coefficient (Wildman–Crippen LogP) is 2.71. The quantitative estimate of drug-likeness (QED) is 0.514. The Morgan fingerprint density at radius 3 is 2.67 bits per heavy atom. The number of nitrogens with one attached hydrogen (secondary N) is 2. The summed E-state index contributed by atoms with van der Waals surface area (Å²) in [7, 11) is 4.01. The van der Waals surface area contributed by atoms with Gasteiger partial charge in [0.2, 0.25) is 0 Å². The van der Waals surface area contributed by atoms with E-state index in [1.165, 1.54) is 31.2 Å². The number of guanidine groups is 1. The van der Waals surface area contributed by atoms with E-state index in [0.29, 0.717) is 5.92 Å². The summed E-state index contributed by atoms with van der Waals surface area (Å²) in [5.41, 5.74) is 1.24. The van der Waals surface area contributed by atoms with Crippen molar-refractivity contribution >= 4 is 11.8 Å². The van der Waals surface area contributed by atoms with E-state index in [2.05, 4.69) is 63.4 Å². The van der Waals surface area contributed by atoms with Gasteiger partial charge in [0, 0.05) is 52.5 Å². The molecule has 0 radical (unpaired) electrons. The fraction of sp³-hybridized carbons (Fsp3) is 0.714. The van der Waals surface area contributed by atoms with Crippen molar-refractivity contribution in [2.75, 3.05) is 51.7 Å². The molecule has 0 saturated carbocycles. The molecule has 1 atom stereocenters. The first-order chi connectivity index (χ1) is 13.2. The second-order valence-electron chi connectivity index (χ2n) is 7.54. The van der Waals surface area contributed by atoms with Crippen LogP contribution in [0.5, 0.6) is 0 Å². The van der Waals surface area contributed by atoms with Crippen LogP contribution in [-0.4, -0.2) is 62.7 Å². The third-order valence-corrected chi connectivity index (χ3v) is 5.42. The van der Waals surface area contributed by atoms with Crippen molar-refractivity contribution in [1.82, 2.24) is 20.5 Å². The minimum absolute atomic E-state index is 0.716. The average Bonchev–Trinajstić information content (AvgIpc) is 2.71. The molecule has 1 aromatic rings. The lowest BCUT2D eigenvalue weighted by molar-refractivity contribution is 0.312. The van der Waals surface area contributed by atoms with E-state index in [1.807, 2.05) is 13.2 Å². The minimum Gasteiger partial charge on any atom is -0.356 e. The van der Waals surface area contributed by atoms with Crippen LogP contribution in [0.25, 0.3) is 0 Å². The monoisotopic (exact) mass is 374 g/mol. The zero-order valence-corrected chi connectivity index (χ0v) is 17.7. The molecule has 6 heteroatoms. The van der Waals surface area contributed by atoms with Gasteiger partial charge < -0.3 is 20.4 Å². The highest BCUT2D eigenvalue weighted by Gasteiger charge is 2.15. The number of anilines is 1. The van der Waals surface area contributed by atoms with Gasteiger partial charge in [0.05, 0.1) is 0 Å². The molecule has 1 saturated heterocycles. The summed E-state index contributed by atoms with van der Waals surface area (Å²) in [6.45, 7) is 10.5. The van der Waals surface area contributed by atoms with Crippen LogP contribution in [0.4, 0.5) is 5.82 Å². The van der Waals surface area contributed by atoms with Gasteiger partial charge in [0.15, 0.2) is 5.96 Å². The molecule has 27 heavy (non-hydrogen) atoms. The first-order valence-electron chi connectivity index (χ1n) is 10.5. The lowest BCUT2D eigenvalue weighted by atomic mass is 9.99. The van der Waals surface area contributed by atoms with Crippen LogP contribution in [0.2, 0.25) is 0 Å². The van der Waals surface area contributed by atoms with Crippen LogP contribution in [0.1, 0.15) is 45.1 Å². The molecule has 2 heterocycles. The Kier molecular flexibility index (Phi) is 9.39. The van der Waals surface area contributed by atoms with Gasteiger partial charge in [-0.15, -0.1) is 0 Å². The van der Waals surface area contributed by atoms with Gasteiger partial charge in [-0.25, -0.2) is 4.98 Å². The summed E-state index contributed by atoms with van der Waals surface area (Å²) in [5, 5.41) is 6.93. The van der Waals surface area contributed by atoms with Gasteiger partial charge in [0.25, 0.3) is 0 Å². The number of rotatable bonds is 9. The Balaban J connectivity index is 1.82. The number of pyridine rings is 1. The number of aromatic nitrogens is 1. The van der Waals surface area contributed by atoms with Crippen molar-refractivity contribution in [2.45, 2.75) is 46.1 Å². The smallest absolute Gasteiger partial charge is 0.191 e. The van der Waals surface area contributed by atoms with Gasteiger partial charge in [-0.1, -0.05) is 33.1 Å². The fourth-order valence-corrected chi connectivity index (χ4v) is 3.37. The fourth-order valence-electron chi connectivity index (χ4n) is 3.37. The Morgan fingerprint density at radius 2 is 2.00 bits per heavy atom. The van der Waals surface area contributed by atoms with Crippen LogP contribution in [0.3, 0.4) is 0 Å². The second kappa shape index (κ2) is 11.8. The third kappa shape index (κ3) is 7.37. The maximum Gasteiger partial charge on any atom is 0.191 e. The molecule has 152 valence electrons. The standard InChI is InChI=1S/C21H38N6/c1-5-7-8-18(6-2)16-24-21(22-3)25-17-19-9-10-23-20(15-19)27-13-11-26(4)12-14-27/h9-10,15,18H,5-8,11-14,16-17H2,1-4H3,(H2,22,24,25). The van der Waals surface area contributed by atoms with E-state index in [-0.39, 0.29) is 0 Å².